The van der Waals surface area contributed by atoms with Gasteiger partial charge in [-0.25, -0.2) is 0 Å². The van der Waals surface area contributed by atoms with Gasteiger partial charge >= 0.3 is 0 Å². The van der Waals surface area contributed by atoms with Crippen molar-refractivity contribution in [2.75, 3.05) is 9.80 Å². The molecule has 2 heteroatoms. The van der Waals surface area contributed by atoms with E-state index in [9.17, 15) is 0 Å². The molecule has 20 aromatic rings. The zero-order valence-corrected chi connectivity index (χ0v) is 80.3. The maximum Gasteiger partial charge on any atom is 0.0719 e. The van der Waals surface area contributed by atoms with E-state index in [1.165, 1.54) is 211 Å². The molecule has 7 aliphatic carbocycles. The molecule has 139 heavy (non-hydrogen) atoms. The Balaban J connectivity index is 0.000000143. The maximum absolute atomic E-state index is 2.49. The van der Waals surface area contributed by atoms with Gasteiger partial charge in [0.05, 0.1) is 16.5 Å². The Kier molecular flexibility index (Phi) is 18.6. The van der Waals surface area contributed by atoms with Crippen molar-refractivity contribution in [3.05, 3.63) is 561 Å². The third-order valence-corrected chi connectivity index (χ3v) is 33.1. The second kappa shape index (κ2) is 31.0. The standard InChI is InChI=1S/C70H55N.C67H51N/c1-67(2)57-22-12-10-20-51(57)54-37-34-49(42-65(54)67)71(48-32-28-45(29-33-48)44-18-8-7-9-19-44)50-35-38-55-53-36-30-47(41-64(53)69(5,6)66(55)43-50)46-31-39-59-56(40-46)52-21-11-13-23-58(52)70(59)62-26-16-14-24-60(62)68(3,4)61-25-15-17-27-63(61)70;1-65(2)58-26-14-16-28-60(58)67(61-29-17-15-27-59(61)65)56-25-13-11-24-52(56)55-41-47(34-40-57(55)67)48-33-38-53-54-39-37-50(43-63(54)66(3,4)62(53)42-48)68(49-35-31-45(32-36-49)44-19-7-5-8-20-44)64-30-18-12-23-51(64)46-21-9-6-10-22-46/h7-43H,1-6H3;5-43H,1-4H3. The first-order valence-corrected chi connectivity index (χ1v) is 49.5. The number of nitrogens with zero attached hydrogens (tertiary/aromatic N) is 2. The van der Waals surface area contributed by atoms with Crippen LogP contribution in [0.25, 0.3) is 111 Å². The van der Waals surface area contributed by atoms with Gasteiger partial charge in [-0.3, -0.25) is 0 Å². The van der Waals surface area contributed by atoms with Crippen LogP contribution in [0.1, 0.15) is 169 Å². The first-order valence-electron chi connectivity index (χ1n) is 49.5. The smallest absolute Gasteiger partial charge is 0.0719 e. The summed E-state index contributed by atoms with van der Waals surface area (Å²) >= 11 is 0. The molecule has 2 spiro atoms. The Morgan fingerprint density at radius 1 is 0.122 bits per heavy atom. The van der Waals surface area contributed by atoms with Crippen molar-refractivity contribution in [3.63, 3.8) is 0 Å². The van der Waals surface area contributed by atoms with Crippen molar-refractivity contribution in [1.29, 1.82) is 0 Å². The van der Waals surface area contributed by atoms with Gasteiger partial charge in [0, 0.05) is 61.1 Å². The van der Waals surface area contributed by atoms with Crippen LogP contribution in [0.2, 0.25) is 0 Å². The van der Waals surface area contributed by atoms with Gasteiger partial charge in [0.15, 0.2) is 0 Å². The summed E-state index contributed by atoms with van der Waals surface area (Å²) in [5, 5.41) is 0. The van der Waals surface area contributed by atoms with E-state index >= 15 is 0 Å². The molecule has 0 fully saturated rings. The quantitative estimate of drug-likeness (QED) is 0.127. The van der Waals surface area contributed by atoms with Crippen molar-refractivity contribution in [2.45, 2.75) is 107 Å². The maximum atomic E-state index is 2.49. The summed E-state index contributed by atoms with van der Waals surface area (Å²) in [7, 11) is 0. The number of fused-ring (bicyclic) bond motifs is 27. The molecule has 0 N–H and O–H groups in total. The highest BCUT2D eigenvalue weighted by Gasteiger charge is 2.56. The van der Waals surface area contributed by atoms with Crippen LogP contribution in [-0.4, -0.2) is 0 Å². The molecule has 0 radical (unpaired) electrons. The van der Waals surface area contributed by atoms with E-state index in [1.807, 2.05) is 0 Å². The topological polar surface area (TPSA) is 6.48 Å². The second-order valence-corrected chi connectivity index (χ2v) is 42.1. The van der Waals surface area contributed by atoms with Gasteiger partial charge in [0.1, 0.15) is 0 Å². The average Bonchev–Trinajstić information content (AvgIpc) is 1.54. The lowest BCUT2D eigenvalue weighted by Crippen LogP contribution is -2.40. The van der Waals surface area contributed by atoms with E-state index in [0.29, 0.717) is 0 Å². The van der Waals surface area contributed by atoms with Crippen LogP contribution in [0.15, 0.2) is 461 Å². The normalized spacial score (nSPS) is 15.4. The lowest BCUT2D eigenvalue weighted by Gasteiger charge is -2.46. The highest BCUT2D eigenvalue weighted by Crippen LogP contribution is 2.66. The molecule has 2 nitrogen and oxygen atoms in total. The minimum absolute atomic E-state index is 0.113. The van der Waals surface area contributed by atoms with E-state index in [1.54, 1.807) is 0 Å². The van der Waals surface area contributed by atoms with E-state index in [-0.39, 0.29) is 27.1 Å². The molecule has 0 aliphatic heterocycles. The third kappa shape index (κ3) is 12.2. The molecule has 0 atom stereocenters. The largest absolute Gasteiger partial charge is 0.310 e. The Morgan fingerprint density at radius 2 is 0.345 bits per heavy atom. The number of hydrogen-bond donors (Lipinski definition) is 0. The molecule has 664 valence electrons. The summed E-state index contributed by atoms with van der Waals surface area (Å²) in [6.45, 7) is 24.0. The van der Waals surface area contributed by atoms with Gasteiger partial charge in [-0.1, -0.05) is 439 Å². The molecule has 0 amide bonds. The number of para-hydroxylation sites is 1. The van der Waals surface area contributed by atoms with E-state index in [0.717, 1.165) is 34.1 Å². The predicted octanol–water partition coefficient (Wildman–Crippen LogP) is 35.6. The molecule has 0 bridgehead atoms. The van der Waals surface area contributed by atoms with Gasteiger partial charge in [-0.05, 0) is 297 Å². The molecule has 0 saturated carbocycles. The van der Waals surface area contributed by atoms with Crippen LogP contribution in [0.4, 0.5) is 34.1 Å². The molecule has 0 heterocycles. The van der Waals surface area contributed by atoms with Crippen LogP contribution in [0, 0.1) is 0 Å². The first kappa shape index (κ1) is 83.6. The van der Waals surface area contributed by atoms with E-state index < -0.39 is 10.8 Å². The lowest BCUT2D eigenvalue weighted by molar-refractivity contribution is 0.563. The zero-order valence-electron chi connectivity index (χ0n) is 80.3. The Morgan fingerprint density at radius 3 is 0.727 bits per heavy atom. The summed E-state index contributed by atoms with van der Waals surface area (Å²) in [5.74, 6) is 0. The summed E-state index contributed by atoms with van der Waals surface area (Å²) in [5.41, 5.74) is 55.5. The zero-order chi connectivity index (χ0) is 93.8. The third-order valence-electron chi connectivity index (χ3n) is 33.1. The molecule has 0 unspecified atom stereocenters. The summed E-state index contributed by atoms with van der Waals surface area (Å²) in [4.78, 5) is 4.92. The van der Waals surface area contributed by atoms with Gasteiger partial charge in [-0.15, -0.1) is 0 Å². The van der Waals surface area contributed by atoms with Crippen LogP contribution < -0.4 is 9.80 Å². The fourth-order valence-corrected chi connectivity index (χ4v) is 26.3. The SMILES string of the molecule is CC1(C)c2cc(-c3ccc4c(c3)-c3ccccc3C43c4ccccc4C(C)(C)c4ccccc43)ccc2-c2ccc(N(c3ccc(-c4ccccc4)cc3)c3ccccc3-c3ccccc3)cc21.CC1(C)c2ccccc2-c2ccc(N(c3ccc(-c4ccccc4)cc3)c3ccc4c(c3)C(C)(C)c3cc(-c5ccc6c(c5)-c5ccccc5C65c6ccccc6C(C)(C)c6ccccc65)ccc3-4)cc21. The molecule has 7 aliphatic rings. The fourth-order valence-electron chi connectivity index (χ4n) is 26.3. The highest BCUT2D eigenvalue weighted by molar-refractivity contribution is 5.98. The van der Waals surface area contributed by atoms with Gasteiger partial charge in [0.25, 0.3) is 0 Å². The summed E-state index contributed by atoms with van der Waals surface area (Å²) in [6.07, 6.45) is 0. The van der Waals surface area contributed by atoms with Crippen LogP contribution in [0.3, 0.4) is 0 Å². The molecule has 20 aromatic carbocycles. The van der Waals surface area contributed by atoms with Gasteiger partial charge < -0.3 is 9.80 Å². The Bertz CT molecular complexity index is 8350. The first-order chi connectivity index (χ1) is 67.7. The van der Waals surface area contributed by atoms with Crippen molar-refractivity contribution in [2.24, 2.45) is 0 Å². The Hall–Kier alpha value is -16.0. The highest BCUT2D eigenvalue weighted by atomic mass is 15.2. The summed E-state index contributed by atoms with van der Waals surface area (Å²) < 4.78 is 0. The van der Waals surface area contributed by atoms with Crippen molar-refractivity contribution in [3.8, 4) is 111 Å². The molecule has 0 aromatic heterocycles. The molecular formula is C137H106N2. The van der Waals surface area contributed by atoms with Gasteiger partial charge in [-0.2, -0.15) is 0 Å². The number of hydrogen-bond acceptors (Lipinski definition) is 2. The lowest BCUT2D eigenvalue weighted by atomic mass is 9.55. The number of anilines is 6. The summed E-state index contributed by atoms with van der Waals surface area (Å²) in [6, 6.07) is 174. The second-order valence-electron chi connectivity index (χ2n) is 42.1. The van der Waals surface area contributed by atoms with Crippen LogP contribution in [0.5, 0.6) is 0 Å². The molecule has 27 rings (SSSR count). The average molecular weight is 1780 g/mol. The van der Waals surface area contributed by atoms with Crippen LogP contribution in [-0.2, 0) is 37.9 Å². The van der Waals surface area contributed by atoms with Crippen molar-refractivity contribution >= 4 is 34.1 Å². The molecule has 0 saturated heterocycles. The monoisotopic (exact) mass is 1780 g/mol. The van der Waals surface area contributed by atoms with Gasteiger partial charge in [0.2, 0.25) is 0 Å². The Labute approximate surface area is 817 Å². The minimum Gasteiger partial charge on any atom is -0.310 e. The van der Waals surface area contributed by atoms with E-state index in [4.69, 9.17) is 0 Å². The fraction of sp³-hybridized carbons (Fsp3) is 0.124. The predicted molar refractivity (Wildman–Crippen MR) is 581 cm³/mol. The number of benzene rings is 20. The minimum atomic E-state index is -0.398. The van der Waals surface area contributed by atoms with Crippen molar-refractivity contribution < 1.29 is 0 Å². The molecular weight excluding hydrogens is 1670 g/mol. The van der Waals surface area contributed by atoms with Crippen molar-refractivity contribution in [1.82, 2.24) is 0 Å². The van der Waals surface area contributed by atoms with Crippen LogP contribution >= 0.6 is 0 Å². The van der Waals surface area contributed by atoms with E-state index in [2.05, 4.69) is 540 Å². The number of rotatable bonds is 11.